The second-order valence-electron chi connectivity index (χ2n) is 4.76. The molecule has 104 valence electrons. The zero-order chi connectivity index (χ0) is 13.8. The van der Waals surface area contributed by atoms with Crippen LogP contribution in [-0.2, 0) is 0 Å². The molecule has 2 rings (SSSR count). The Labute approximate surface area is 110 Å². The zero-order valence-corrected chi connectivity index (χ0v) is 10.6. The normalized spacial score (nSPS) is 18.9. The van der Waals surface area contributed by atoms with Gasteiger partial charge >= 0.3 is 0 Å². The Balaban J connectivity index is 2.18. The van der Waals surface area contributed by atoms with Gasteiger partial charge in [0.05, 0.1) is 0 Å². The Morgan fingerprint density at radius 2 is 2.05 bits per heavy atom. The summed E-state index contributed by atoms with van der Waals surface area (Å²) in [6.45, 7) is 0.579. The average Bonchev–Trinajstić information content (AvgIpc) is 2.84. The van der Waals surface area contributed by atoms with Crippen LogP contribution in [0.1, 0.15) is 36.0 Å². The molecule has 1 atom stereocenters. The van der Waals surface area contributed by atoms with Crippen LogP contribution < -0.4 is 0 Å². The number of carbonyl (C=O) groups excluding carboxylic acids is 1. The summed E-state index contributed by atoms with van der Waals surface area (Å²) in [6.07, 6.45) is 2.91. The highest BCUT2D eigenvalue weighted by atomic mass is 19.1. The summed E-state index contributed by atoms with van der Waals surface area (Å²) in [4.78, 5) is 13.8. The molecule has 0 aromatic heterocycles. The van der Waals surface area contributed by atoms with Crippen molar-refractivity contribution in [3.63, 3.8) is 0 Å². The first-order chi connectivity index (χ1) is 9.15. The van der Waals surface area contributed by atoms with E-state index in [0.717, 1.165) is 25.0 Å². The van der Waals surface area contributed by atoms with Gasteiger partial charge in [-0.15, -0.1) is 0 Å². The third kappa shape index (κ3) is 2.92. The van der Waals surface area contributed by atoms with Crippen molar-refractivity contribution >= 4 is 5.91 Å². The van der Waals surface area contributed by atoms with E-state index in [9.17, 15) is 13.6 Å². The summed E-state index contributed by atoms with van der Waals surface area (Å²) >= 11 is 0. The van der Waals surface area contributed by atoms with Crippen molar-refractivity contribution < 1.29 is 18.7 Å². The number of nitrogens with zero attached hydrogens (tertiary/aromatic N) is 1. The molecule has 1 fully saturated rings. The highest BCUT2D eigenvalue weighted by Gasteiger charge is 2.31. The van der Waals surface area contributed by atoms with Crippen LogP contribution >= 0.6 is 0 Å². The maximum Gasteiger partial charge on any atom is 0.260 e. The summed E-state index contributed by atoms with van der Waals surface area (Å²) in [5.41, 5.74) is -0.474. The minimum Gasteiger partial charge on any atom is -0.396 e. The third-order valence-corrected chi connectivity index (χ3v) is 3.51. The van der Waals surface area contributed by atoms with Crippen LogP contribution in [0, 0.1) is 11.6 Å². The van der Waals surface area contributed by atoms with E-state index in [0.29, 0.717) is 19.4 Å². The van der Waals surface area contributed by atoms with E-state index in [2.05, 4.69) is 0 Å². The fraction of sp³-hybridized carbons (Fsp3) is 0.500. The van der Waals surface area contributed by atoms with Crippen molar-refractivity contribution in [2.24, 2.45) is 0 Å². The van der Waals surface area contributed by atoms with E-state index >= 15 is 0 Å². The first-order valence-electron chi connectivity index (χ1n) is 6.51. The van der Waals surface area contributed by atoms with Crippen molar-refractivity contribution in [3.8, 4) is 0 Å². The molecule has 3 nitrogen and oxygen atoms in total. The van der Waals surface area contributed by atoms with Gasteiger partial charge in [0.15, 0.2) is 0 Å². The Morgan fingerprint density at radius 3 is 2.68 bits per heavy atom. The molecule has 1 aromatic rings. The quantitative estimate of drug-likeness (QED) is 0.911. The van der Waals surface area contributed by atoms with Gasteiger partial charge in [0.25, 0.3) is 5.91 Å². The monoisotopic (exact) mass is 269 g/mol. The second kappa shape index (κ2) is 6.10. The predicted molar refractivity (Wildman–Crippen MR) is 66.7 cm³/mol. The van der Waals surface area contributed by atoms with Gasteiger partial charge in [-0.1, -0.05) is 6.07 Å². The Hall–Kier alpha value is -1.49. The number of benzene rings is 1. The number of likely N-dealkylation sites (tertiary alicyclic amines) is 1. The standard InChI is InChI=1S/C14H17F2NO2/c15-11-6-1-7-12(16)13(11)14(19)17-8-2-4-10(17)5-3-9-18/h1,6-7,10,18H,2-5,8-9H2. The number of aliphatic hydroxyl groups excluding tert-OH is 1. The molecule has 1 saturated heterocycles. The van der Waals surface area contributed by atoms with Crippen LogP contribution in [0.25, 0.3) is 0 Å². The van der Waals surface area contributed by atoms with Crippen molar-refractivity contribution in [2.75, 3.05) is 13.2 Å². The number of carbonyl (C=O) groups is 1. The lowest BCUT2D eigenvalue weighted by Gasteiger charge is -2.25. The van der Waals surface area contributed by atoms with Crippen molar-refractivity contribution in [3.05, 3.63) is 35.4 Å². The molecule has 1 heterocycles. The largest absolute Gasteiger partial charge is 0.396 e. The molecule has 5 heteroatoms. The molecule has 0 radical (unpaired) electrons. The second-order valence-corrected chi connectivity index (χ2v) is 4.76. The first-order valence-corrected chi connectivity index (χ1v) is 6.51. The van der Waals surface area contributed by atoms with E-state index in [-0.39, 0.29) is 12.6 Å². The molecule has 1 amide bonds. The topological polar surface area (TPSA) is 40.5 Å². The minimum atomic E-state index is -0.821. The molecule has 0 bridgehead atoms. The lowest BCUT2D eigenvalue weighted by atomic mass is 10.1. The molecular formula is C14H17F2NO2. The summed E-state index contributed by atoms with van der Waals surface area (Å²) in [6, 6.07) is 3.40. The fourth-order valence-corrected chi connectivity index (χ4v) is 2.58. The molecule has 1 aliphatic heterocycles. The van der Waals surface area contributed by atoms with Crippen LogP contribution in [0.15, 0.2) is 18.2 Å². The molecule has 19 heavy (non-hydrogen) atoms. The lowest BCUT2D eigenvalue weighted by Crippen LogP contribution is -2.36. The molecule has 0 spiro atoms. The Morgan fingerprint density at radius 1 is 1.37 bits per heavy atom. The molecule has 0 aliphatic carbocycles. The number of hydrogen-bond donors (Lipinski definition) is 1. The molecule has 1 N–H and O–H groups in total. The van der Waals surface area contributed by atoms with Crippen molar-refractivity contribution in [1.29, 1.82) is 0 Å². The smallest absolute Gasteiger partial charge is 0.260 e. The average molecular weight is 269 g/mol. The summed E-state index contributed by atoms with van der Waals surface area (Å²) < 4.78 is 27.2. The van der Waals surface area contributed by atoms with Crippen LogP contribution in [0.3, 0.4) is 0 Å². The molecule has 0 saturated carbocycles. The molecule has 1 aliphatic rings. The molecular weight excluding hydrogens is 252 g/mol. The number of rotatable bonds is 4. The van der Waals surface area contributed by atoms with E-state index in [1.807, 2.05) is 0 Å². The van der Waals surface area contributed by atoms with E-state index in [1.54, 1.807) is 0 Å². The van der Waals surface area contributed by atoms with Crippen LogP contribution in [-0.4, -0.2) is 35.1 Å². The van der Waals surface area contributed by atoms with E-state index in [1.165, 1.54) is 11.0 Å². The minimum absolute atomic E-state index is 0.0290. The van der Waals surface area contributed by atoms with Crippen LogP contribution in [0.5, 0.6) is 0 Å². The number of halogens is 2. The van der Waals surface area contributed by atoms with E-state index < -0.39 is 23.1 Å². The maximum atomic E-state index is 13.6. The van der Waals surface area contributed by atoms with Gasteiger partial charge in [-0.3, -0.25) is 4.79 Å². The van der Waals surface area contributed by atoms with E-state index in [4.69, 9.17) is 5.11 Å². The SMILES string of the molecule is O=C(c1c(F)cccc1F)N1CCCC1CCCO. The fourth-order valence-electron chi connectivity index (χ4n) is 2.58. The Bertz CT molecular complexity index is 445. The van der Waals surface area contributed by atoms with Gasteiger partial charge in [0.1, 0.15) is 17.2 Å². The lowest BCUT2D eigenvalue weighted by molar-refractivity contribution is 0.0714. The Kier molecular flexibility index (Phi) is 4.47. The molecule has 1 aromatic carbocycles. The number of hydrogen-bond acceptors (Lipinski definition) is 2. The predicted octanol–water partition coefficient (Wildman–Crippen LogP) is 2.34. The third-order valence-electron chi connectivity index (χ3n) is 3.51. The van der Waals surface area contributed by atoms with Gasteiger partial charge in [-0.25, -0.2) is 8.78 Å². The maximum absolute atomic E-state index is 13.6. The molecule has 1 unspecified atom stereocenters. The van der Waals surface area contributed by atoms with Crippen LogP contribution in [0.4, 0.5) is 8.78 Å². The summed E-state index contributed by atoms with van der Waals surface area (Å²) in [5, 5.41) is 8.83. The first kappa shape index (κ1) is 13.9. The number of amides is 1. The van der Waals surface area contributed by atoms with Gasteiger partial charge in [0.2, 0.25) is 0 Å². The van der Waals surface area contributed by atoms with Crippen LogP contribution in [0.2, 0.25) is 0 Å². The van der Waals surface area contributed by atoms with Gasteiger partial charge in [-0.2, -0.15) is 0 Å². The highest BCUT2D eigenvalue weighted by Crippen LogP contribution is 2.25. The van der Waals surface area contributed by atoms with Gasteiger partial charge in [0, 0.05) is 19.2 Å². The van der Waals surface area contributed by atoms with Gasteiger partial charge in [-0.05, 0) is 37.8 Å². The van der Waals surface area contributed by atoms with Crippen molar-refractivity contribution in [1.82, 2.24) is 4.90 Å². The van der Waals surface area contributed by atoms with Gasteiger partial charge < -0.3 is 10.0 Å². The van der Waals surface area contributed by atoms with Crippen molar-refractivity contribution in [2.45, 2.75) is 31.7 Å². The zero-order valence-electron chi connectivity index (χ0n) is 10.6. The highest BCUT2D eigenvalue weighted by molar-refractivity contribution is 5.95. The summed E-state index contributed by atoms with van der Waals surface area (Å²) in [5.74, 6) is -2.23. The summed E-state index contributed by atoms with van der Waals surface area (Å²) in [7, 11) is 0. The number of aliphatic hydroxyl groups is 1.